The minimum atomic E-state index is -0.180. The van der Waals surface area contributed by atoms with Crippen LogP contribution in [0.5, 0.6) is 0 Å². The Morgan fingerprint density at radius 2 is 2.16 bits per heavy atom. The molecule has 1 aromatic rings. The van der Waals surface area contributed by atoms with Crippen molar-refractivity contribution < 1.29 is 9.59 Å². The van der Waals surface area contributed by atoms with Gasteiger partial charge in [0, 0.05) is 30.9 Å². The molecule has 0 atom stereocenters. The zero-order valence-electron chi connectivity index (χ0n) is 11.2. The molecule has 1 saturated carbocycles. The second-order valence-corrected chi connectivity index (χ2v) is 6.14. The van der Waals surface area contributed by atoms with Crippen molar-refractivity contribution in [3.8, 4) is 0 Å². The van der Waals surface area contributed by atoms with Crippen molar-refractivity contribution in [3.63, 3.8) is 0 Å². The largest absolute Gasteiger partial charge is 0.353 e. The van der Waals surface area contributed by atoms with Crippen molar-refractivity contribution in [2.45, 2.75) is 32.2 Å². The number of urea groups is 1. The van der Waals surface area contributed by atoms with E-state index >= 15 is 0 Å². The van der Waals surface area contributed by atoms with E-state index in [1.807, 2.05) is 19.1 Å². The molecule has 0 spiro atoms. The number of nitrogens with zero attached hydrogens (tertiary/aromatic N) is 1. The molecule has 2 N–H and O–H groups in total. The second kappa shape index (κ2) is 6.06. The van der Waals surface area contributed by atoms with Crippen LogP contribution in [0.3, 0.4) is 0 Å². The Labute approximate surface area is 117 Å². The zero-order valence-corrected chi connectivity index (χ0v) is 12.0. The van der Waals surface area contributed by atoms with Crippen LogP contribution in [0.4, 0.5) is 9.80 Å². The molecule has 3 amide bonds. The Hall–Kier alpha value is -1.56. The molecular weight excluding hydrogens is 262 g/mol. The highest BCUT2D eigenvalue weighted by Crippen LogP contribution is 2.21. The van der Waals surface area contributed by atoms with E-state index in [1.165, 1.54) is 16.2 Å². The summed E-state index contributed by atoms with van der Waals surface area (Å²) in [6, 6.07) is 4.04. The molecule has 104 valence electrons. The summed E-state index contributed by atoms with van der Waals surface area (Å²) in [4.78, 5) is 26.1. The summed E-state index contributed by atoms with van der Waals surface area (Å²) in [5, 5.41) is 6.55. The first-order chi connectivity index (χ1) is 9.04. The summed E-state index contributed by atoms with van der Waals surface area (Å²) in [7, 11) is 1.69. The molecule has 1 aromatic heterocycles. The molecule has 0 aliphatic heterocycles. The first-order valence-corrected chi connectivity index (χ1v) is 7.24. The van der Waals surface area contributed by atoms with Crippen molar-refractivity contribution >= 4 is 28.3 Å². The van der Waals surface area contributed by atoms with Crippen LogP contribution in [0, 0.1) is 6.92 Å². The van der Waals surface area contributed by atoms with Crippen molar-refractivity contribution in [3.05, 3.63) is 17.0 Å². The van der Waals surface area contributed by atoms with E-state index in [4.69, 9.17) is 0 Å². The predicted molar refractivity (Wildman–Crippen MR) is 76.5 cm³/mol. The Morgan fingerprint density at radius 1 is 1.42 bits per heavy atom. The SMILES string of the molecule is Cc1ccc(NC(=O)N(C)CCC(=O)NC2CC2)s1. The maximum absolute atomic E-state index is 11.9. The maximum Gasteiger partial charge on any atom is 0.322 e. The highest BCUT2D eigenvalue weighted by molar-refractivity contribution is 7.16. The molecular formula is C13H19N3O2S. The average Bonchev–Trinajstić information content (AvgIpc) is 3.08. The number of anilines is 1. The summed E-state index contributed by atoms with van der Waals surface area (Å²) in [6.45, 7) is 2.42. The van der Waals surface area contributed by atoms with Gasteiger partial charge in [0.25, 0.3) is 0 Å². The molecule has 1 aliphatic carbocycles. The molecule has 19 heavy (non-hydrogen) atoms. The van der Waals surface area contributed by atoms with E-state index in [2.05, 4.69) is 10.6 Å². The number of aryl methyl sites for hydroxylation is 1. The lowest BCUT2D eigenvalue weighted by Gasteiger charge is -2.17. The molecule has 0 radical (unpaired) electrons. The van der Waals surface area contributed by atoms with Gasteiger partial charge in [0.1, 0.15) is 0 Å². The molecule has 1 heterocycles. The molecule has 6 heteroatoms. The van der Waals surface area contributed by atoms with E-state index in [0.29, 0.717) is 19.0 Å². The molecule has 0 saturated heterocycles. The number of rotatable bonds is 5. The lowest BCUT2D eigenvalue weighted by Crippen LogP contribution is -2.35. The molecule has 0 bridgehead atoms. The summed E-state index contributed by atoms with van der Waals surface area (Å²) in [6.07, 6.45) is 2.52. The van der Waals surface area contributed by atoms with Crippen LogP contribution < -0.4 is 10.6 Å². The van der Waals surface area contributed by atoms with E-state index < -0.39 is 0 Å². The van der Waals surface area contributed by atoms with Crippen LogP contribution >= 0.6 is 11.3 Å². The average molecular weight is 281 g/mol. The minimum absolute atomic E-state index is 0.0223. The fourth-order valence-corrected chi connectivity index (χ4v) is 2.36. The highest BCUT2D eigenvalue weighted by Gasteiger charge is 2.23. The lowest BCUT2D eigenvalue weighted by atomic mass is 10.3. The summed E-state index contributed by atoms with van der Waals surface area (Å²) < 4.78 is 0. The van der Waals surface area contributed by atoms with Crippen LogP contribution in [-0.4, -0.2) is 36.5 Å². The van der Waals surface area contributed by atoms with Gasteiger partial charge in [-0.2, -0.15) is 0 Å². The van der Waals surface area contributed by atoms with Gasteiger partial charge in [0.15, 0.2) is 0 Å². The molecule has 1 fully saturated rings. The summed E-state index contributed by atoms with van der Waals surface area (Å²) in [5.74, 6) is 0.0223. The third-order valence-corrected chi connectivity index (χ3v) is 3.85. The second-order valence-electron chi connectivity index (χ2n) is 4.85. The van der Waals surface area contributed by atoms with E-state index in [-0.39, 0.29) is 11.9 Å². The number of carbonyl (C=O) groups excluding carboxylic acids is 2. The molecule has 2 rings (SSSR count). The third-order valence-electron chi connectivity index (χ3n) is 2.93. The topological polar surface area (TPSA) is 61.4 Å². The van der Waals surface area contributed by atoms with Crippen molar-refractivity contribution in [2.24, 2.45) is 0 Å². The normalized spacial score (nSPS) is 14.0. The van der Waals surface area contributed by atoms with E-state index in [9.17, 15) is 9.59 Å². The number of amides is 3. The number of thiophene rings is 1. The van der Waals surface area contributed by atoms with Gasteiger partial charge in [-0.15, -0.1) is 11.3 Å². The summed E-state index contributed by atoms with van der Waals surface area (Å²) >= 11 is 1.54. The van der Waals surface area contributed by atoms with Gasteiger partial charge in [-0.25, -0.2) is 4.79 Å². The minimum Gasteiger partial charge on any atom is -0.353 e. The first-order valence-electron chi connectivity index (χ1n) is 6.42. The number of nitrogens with one attached hydrogen (secondary N) is 2. The van der Waals surface area contributed by atoms with Gasteiger partial charge in [0.2, 0.25) is 5.91 Å². The fraction of sp³-hybridized carbons (Fsp3) is 0.538. The third kappa shape index (κ3) is 4.55. The molecule has 1 aliphatic rings. The highest BCUT2D eigenvalue weighted by atomic mass is 32.1. The first kappa shape index (κ1) is 13.9. The van der Waals surface area contributed by atoms with Gasteiger partial charge >= 0.3 is 6.03 Å². The smallest absolute Gasteiger partial charge is 0.322 e. The van der Waals surface area contributed by atoms with Crippen LogP contribution in [0.25, 0.3) is 0 Å². The zero-order chi connectivity index (χ0) is 13.8. The number of hydrogen-bond donors (Lipinski definition) is 2. The number of hydrogen-bond acceptors (Lipinski definition) is 3. The standard InChI is InChI=1S/C13H19N3O2S/c1-9-3-6-12(19-9)15-13(18)16(2)8-7-11(17)14-10-4-5-10/h3,6,10H,4-5,7-8H2,1-2H3,(H,14,17)(H,15,18). The van der Waals surface area contributed by atoms with Crippen molar-refractivity contribution in [1.82, 2.24) is 10.2 Å². The predicted octanol–water partition coefficient (Wildman–Crippen LogP) is 2.19. The molecule has 5 nitrogen and oxygen atoms in total. The Balaban J connectivity index is 1.70. The van der Waals surface area contributed by atoms with Crippen molar-refractivity contribution in [1.29, 1.82) is 0 Å². The molecule has 0 unspecified atom stereocenters. The molecule has 0 aromatic carbocycles. The lowest BCUT2D eigenvalue weighted by molar-refractivity contribution is -0.121. The van der Waals surface area contributed by atoms with E-state index in [1.54, 1.807) is 7.05 Å². The van der Waals surface area contributed by atoms with Crippen LogP contribution in [0.15, 0.2) is 12.1 Å². The van der Waals surface area contributed by atoms with Gasteiger partial charge in [0.05, 0.1) is 5.00 Å². The Kier molecular flexibility index (Phi) is 4.42. The maximum atomic E-state index is 11.9. The van der Waals surface area contributed by atoms with Gasteiger partial charge in [-0.1, -0.05) is 0 Å². The van der Waals surface area contributed by atoms with Crippen molar-refractivity contribution in [2.75, 3.05) is 18.9 Å². The number of carbonyl (C=O) groups is 2. The quantitative estimate of drug-likeness (QED) is 0.869. The van der Waals surface area contributed by atoms with Crippen LogP contribution in [0.1, 0.15) is 24.1 Å². The Morgan fingerprint density at radius 3 is 2.74 bits per heavy atom. The van der Waals surface area contributed by atoms with Gasteiger partial charge in [-0.05, 0) is 31.9 Å². The Bertz CT molecular complexity index is 468. The van der Waals surface area contributed by atoms with Gasteiger partial charge < -0.3 is 10.2 Å². The van der Waals surface area contributed by atoms with E-state index in [0.717, 1.165) is 22.7 Å². The van der Waals surface area contributed by atoms with Crippen LogP contribution in [-0.2, 0) is 4.79 Å². The monoisotopic (exact) mass is 281 g/mol. The fourth-order valence-electron chi connectivity index (χ4n) is 1.60. The summed E-state index contributed by atoms with van der Waals surface area (Å²) in [5.41, 5.74) is 0. The van der Waals surface area contributed by atoms with Crippen LogP contribution in [0.2, 0.25) is 0 Å². The van der Waals surface area contributed by atoms with Gasteiger partial charge in [-0.3, -0.25) is 10.1 Å².